The zero-order valence-electron chi connectivity index (χ0n) is 27.3. The normalized spacial score (nSPS) is 17.8. The van der Waals surface area contributed by atoms with Gasteiger partial charge in [0.05, 0.1) is 6.04 Å². The largest absolute Gasteiger partial charge is 0.387 e. The van der Waals surface area contributed by atoms with Crippen LogP contribution in [0.4, 0.5) is 0 Å². The third-order valence-electron chi connectivity index (χ3n) is 8.45. The summed E-state index contributed by atoms with van der Waals surface area (Å²) in [6.07, 6.45) is 26.9. The molecule has 2 nitrogen and oxygen atoms in total. The molecule has 228 valence electrons. The van der Waals surface area contributed by atoms with Crippen LogP contribution in [0.2, 0.25) is 0 Å². The van der Waals surface area contributed by atoms with Gasteiger partial charge in [0, 0.05) is 36.8 Å². The van der Waals surface area contributed by atoms with Gasteiger partial charge in [0.1, 0.15) is 0 Å². The number of benzene rings is 2. The van der Waals surface area contributed by atoms with Gasteiger partial charge in [-0.3, -0.25) is 4.90 Å². The van der Waals surface area contributed by atoms with Crippen molar-refractivity contribution < 1.29 is 0 Å². The van der Waals surface area contributed by atoms with E-state index in [-0.39, 0.29) is 6.04 Å². The second kappa shape index (κ2) is 16.3. The lowest BCUT2D eigenvalue weighted by Crippen LogP contribution is -2.34. The van der Waals surface area contributed by atoms with Crippen molar-refractivity contribution in [1.82, 2.24) is 10.2 Å². The standard InChI is InChI=1S/C43H46N2/c1-8-10-12-19-32(3)33(4)30-38-24-18-26-40(34(38)5)43(44-6)41-25-15-16-27-42(41)45(7)29-28-39(37-20-13-11-14-21-37)31-35(9-2)36-22-17-23-36/h8-21,24-28,31,42,44H,1-2,4,22,29-30H2,3,5-7H3/b12-10-,32-19+,35-31+,39-28?,43-41-. The van der Waals surface area contributed by atoms with E-state index in [4.69, 9.17) is 0 Å². The van der Waals surface area contributed by atoms with E-state index in [1.54, 1.807) is 6.08 Å². The first-order chi connectivity index (χ1) is 21.9. The Balaban J connectivity index is 1.65. The fourth-order valence-electron chi connectivity index (χ4n) is 5.58. The maximum atomic E-state index is 4.38. The number of nitrogens with one attached hydrogen (secondary N) is 1. The highest BCUT2D eigenvalue weighted by Crippen LogP contribution is 2.31. The number of hydrogen-bond acceptors (Lipinski definition) is 2. The molecule has 0 saturated carbocycles. The van der Waals surface area contributed by atoms with Gasteiger partial charge in [-0.25, -0.2) is 0 Å². The monoisotopic (exact) mass is 590 g/mol. The molecule has 0 spiro atoms. The number of nitrogens with zero attached hydrogens (tertiary/aromatic N) is 1. The van der Waals surface area contributed by atoms with Gasteiger partial charge in [-0.05, 0) is 84.0 Å². The molecule has 0 aliphatic heterocycles. The number of allylic oxidation sites excluding steroid dienone is 13. The molecule has 0 amide bonds. The summed E-state index contributed by atoms with van der Waals surface area (Å²) < 4.78 is 0. The minimum atomic E-state index is 0.102. The Kier molecular flexibility index (Phi) is 11.9. The van der Waals surface area contributed by atoms with Crippen molar-refractivity contribution in [3.05, 3.63) is 197 Å². The summed E-state index contributed by atoms with van der Waals surface area (Å²) in [5.41, 5.74) is 16.5. The summed E-state index contributed by atoms with van der Waals surface area (Å²) in [6, 6.07) is 17.3. The highest BCUT2D eigenvalue weighted by atomic mass is 15.1. The van der Waals surface area contributed by atoms with Crippen LogP contribution in [-0.4, -0.2) is 31.6 Å². The van der Waals surface area contributed by atoms with E-state index in [0.717, 1.165) is 36.2 Å². The molecule has 1 N–H and O–H groups in total. The van der Waals surface area contributed by atoms with Crippen molar-refractivity contribution in [1.29, 1.82) is 0 Å². The summed E-state index contributed by atoms with van der Waals surface area (Å²) in [5.74, 6) is 0. The predicted molar refractivity (Wildman–Crippen MR) is 197 cm³/mol. The lowest BCUT2D eigenvalue weighted by Gasteiger charge is -2.30. The number of rotatable bonds is 14. The highest BCUT2D eigenvalue weighted by molar-refractivity contribution is 5.77. The molecule has 0 fully saturated rings. The van der Waals surface area contributed by atoms with Gasteiger partial charge in [0.2, 0.25) is 0 Å². The summed E-state index contributed by atoms with van der Waals surface area (Å²) >= 11 is 0. The Hall–Kier alpha value is -4.88. The van der Waals surface area contributed by atoms with E-state index in [1.807, 2.05) is 25.3 Å². The Morgan fingerprint density at radius 2 is 1.82 bits per heavy atom. The lowest BCUT2D eigenvalue weighted by atomic mass is 9.89. The molecule has 0 bridgehead atoms. The van der Waals surface area contributed by atoms with E-state index < -0.39 is 0 Å². The molecule has 0 aromatic heterocycles. The molecule has 4 rings (SSSR count). The van der Waals surface area contributed by atoms with Crippen molar-refractivity contribution in [2.45, 2.75) is 32.7 Å². The molecule has 2 aliphatic rings. The summed E-state index contributed by atoms with van der Waals surface area (Å²) in [4.78, 5) is 2.39. The fraction of sp³-hybridized carbons (Fsp3) is 0.186. The smallest absolute Gasteiger partial charge is 0.0555 e. The van der Waals surface area contributed by atoms with Crippen LogP contribution in [-0.2, 0) is 6.42 Å². The Morgan fingerprint density at radius 1 is 1.04 bits per heavy atom. The first-order valence-electron chi connectivity index (χ1n) is 15.6. The van der Waals surface area contributed by atoms with Crippen LogP contribution in [0.15, 0.2) is 175 Å². The quantitative estimate of drug-likeness (QED) is 0.174. The van der Waals surface area contributed by atoms with Gasteiger partial charge in [-0.2, -0.15) is 0 Å². The van der Waals surface area contributed by atoms with E-state index in [2.05, 4.69) is 154 Å². The third-order valence-corrected chi connectivity index (χ3v) is 8.45. The highest BCUT2D eigenvalue weighted by Gasteiger charge is 2.22. The maximum Gasteiger partial charge on any atom is 0.0555 e. The summed E-state index contributed by atoms with van der Waals surface area (Å²) in [6.45, 7) is 17.3. The van der Waals surface area contributed by atoms with E-state index in [1.165, 1.54) is 44.5 Å². The Morgan fingerprint density at radius 3 is 2.49 bits per heavy atom. The molecule has 0 radical (unpaired) electrons. The molecule has 2 aromatic rings. The van der Waals surface area contributed by atoms with Gasteiger partial charge < -0.3 is 5.32 Å². The summed E-state index contributed by atoms with van der Waals surface area (Å²) in [5, 5.41) is 3.57. The lowest BCUT2D eigenvalue weighted by molar-refractivity contribution is 0.345. The maximum absolute atomic E-state index is 4.38. The second-order valence-electron chi connectivity index (χ2n) is 11.4. The SMILES string of the molecule is C=C/C=C\C=C(/C)C(=C)Cc1cccc(/C(NC)=C2\C=CC=CC2N(C)CC=C(/C=C(\C=C)C2=C=CC2)c2ccccc2)c1C. The first-order valence-corrected chi connectivity index (χ1v) is 15.6. The molecular formula is C43H46N2. The molecule has 0 saturated heterocycles. The average molecular weight is 591 g/mol. The molecule has 0 heterocycles. The number of likely N-dealkylation sites (N-methyl/N-ethyl adjacent to an activating group) is 1. The van der Waals surface area contributed by atoms with Gasteiger partial charge in [-0.15, -0.1) is 5.73 Å². The van der Waals surface area contributed by atoms with Crippen LogP contribution in [0.5, 0.6) is 0 Å². The first kappa shape index (κ1) is 33.0. The topological polar surface area (TPSA) is 15.3 Å². The van der Waals surface area contributed by atoms with E-state index in [9.17, 15) is 0 Å². The van der Waals surface area contributed by atoms with Crippen LogP contribution >= 0.6 is 0 Å². The van der Waals surface area contributed by atoms with Crippen molar-refractivity contribution >= 4 is 11.3 Å². The van der Waals surface area contributed by atoms with Gasteiger partial charge in [0.15, 0.2) is 0 Å². The van der Waals surface area contributed by atoms with E-state index in [0.29, 0.717) is 0 Å². The second-order valence-corrected chi connectivity index (χ2v) is 11.4. The fourth-order valence-corrected chi connectivity index (χ4v) is 5.58. The van der Waals surface area contributed by atoms with Crippen LogP contribution in [0.1, 0.15) is 35.6 Å². The predicted octanol–water partition coefficient (Wildman–Crippen LogP) is 9.82. The summed E-state index contributed by atoms with van der Waals surface area (Å²) in [7, 11) is 4.22. The molecular weight excluding hydrogens is 544 g/mol. The molecule has 1 unspecified atom stereocenters. The van der Waals surface area contributed by atoms with E-state index >= 15 is 0 Å². The zero-order valence-corrected chi connectivity index (χ0v) is 27.3. The van der Waals surface area contributed by atoms with Crippen molar-refractivity contribution in [2.75, 3.05) is 20.6 Å². The van der Waals surface area contributed by atoms with Gasteiger partial charge in [0.25, 0.3) is 0 Å². The molecule has 2 aliphatic carbocycles. The van der Waals surface area contributed by atoms with Crippen LogP contribution in [0, 0.1) is 6.92 Å². The number of hydrogen-bond donors (Lipinski definition) is 1. The molecule has 2 aromatic carbocycles. The third kappa shape index (κ3) is 8.40. The van der Waals surface area contributed by atoms with Gasteiger partial charge in [-0.1, -0.05) is 129 Å². The van der Waals surface area contributed by atoms with Crippen molar-refractivity contribution in [2.24, 2.45) is 0 Å². The molecule has 45 heavy (non-hydrogen) atoms. The minimum absolute atomic E-state index is 0.102. The van der Waals surface area contributed by atoms with Crippen molar-refractivity contribution in [3.63, 3.8) is 0 Å². The van der Waals surface area contributed by atoms with Crippen LogP contribution in [0.25, 0.3) is 11.3 Å². The van der Waals surface area contributed by atoms with Crippen LogP contribution in [0.3, 0.4) is 0 Å². The molecule has 1 atom stereocenters. The minimum Gasteiger partial charge on any atom is -0.387 e. The molecule has 2 heteroatoms. The average Bonchev–Trinajstić information content (AvgIpc) is 3.04. The Labute approximate surface area is 271 Å². The van der Waals surface area contributed by atoms with Crippen LogP contribution < -0.4 is 5.32 Å². The Bertz CT molecular complexity index is 1710. The van der Waals surface area contributed by atoms with Crippen molar-refractivity contribution in [3.8, 4) is 0 Å². The zero-order chi connectivity index (χ0) is 32.2. The van der Waals surface area contributed by atoms with Gasteiger partial charge >= 0.3 is 0 Å².